The molecule has 0 unspecified atom stereocenters. The minimum atomic E-state index is 0.452. The number of benzene rings is 1. The van der Waals surface area contributed by atoms with Crippen LogP contribution in [0.3, 0.4) is 0 Å². The quantitative estimate of drug-likeness (QED) is 0.728. The molecule has 0 amide bonds. The third kappa shape index (κ3) is 1.54. The molecular formula is C13H13N3O. The molecule has 2 aromatic heterocycles. The fraction of sp³-hybridized carbons (Fsp3) is 0.154. The molecule has 2 heterocycles. The van der Waals surface area contributed by atoms with Gasteiger partial charge in [0.2, 0.25) is 0 Å². The molecule has 3 aromatic rings. The summed E-state index contributed by atoms with van der Waals surface area (Å²) in [5.41, 5.74) is 8.49. The Labute approximate surface area is 98.6 Å². The molecule has 0 spiro atoms. The second-order valence-electron chi connectivity index (χ2n) is 3.92. The molecule has 4 nitrogen and oxygen atoms in total. The highest BCUT2D eigenvalue weighted by molar-refractivity contribution is 5.83. The Bertz CT molecular complexity index is 688. The van der Waals surface area contributed by atoms with Gasteiger partial charge in [-0.05, 0) is 29.7 Å². The first-order valence-electron chi connectivity index (χ1n) is 5.46. The van der Waals surface area contributed by atoms with Gasteiger partial charge in [0.15, 0.2) is 0 Å². The highest BCUT2D eigenvalue weighted by atomic mass is 16.5. The number of aromatic nitrogens is 2. The van der Waals surface area contributed by atoms with Crippen LogP contribution in [0.4, 0.5) is 0 Å². The van der Waals surface area contributed by atoms with E-state index in [0.717, 1.165) is 28.0 Å². The lowest BCUT2D eigenvalue weighted by molar-refractivity contribution is 0.415. The van der Waals surface area contributed by atoms with Gasteiger partial charge in [0.1, 0.15) is 11.4 Å². The molecule has 0 fully saturated rings. The van der Waals surface area contributed by atoms with E-state index in [1.54, 1.807) is 7.11 Å². The van der Waals surface area contributed by atoms with Crippen molar-refractivity contribution in [3.05, 3.63) is 42.2 Å². The number of pyridine rings is 1. The minimum Gasteiger partial charge on any atom is -0.497 e. The van der Waals surface area contributed by atoms with Crippen molar-refractivity contribution in [1.82, 2.24) is 9.38 Å². The van der Waals surface area contributed by atoms with Gasteiger partial charge in [-0.2, -0.15) is 0 Å². The third-order valence-corrected chi connectivity index (χ3v) is 2.90. The number of hydrogen-bond acceptors (Lipinski definition) is 3. The number of rotatable bonds is 2. The van der Waals surface area contributed by atoms with Crippen molar-refractivity contribution in [2.75, 3.05) is 7.11 Å². The summed E-state index contributed by atoms with van der Waals surface area (Å²) in [7, 11) is 1.67. The van der Waals surface area contributed by atoms with Crippen LogP contribution in [0.25, 0.3) is 16.6 Å². The van der Waals surface area contributed by atoms with Crippen molar-refractivity contribution in [2.45, 2.75) is 6.54 Å². The number of nitrogens with two attached hydrogens (primary N) is 1. The van der Waals surface area contributed by atoms with E-state index in [2.05, 4.69) is 11.1 Å². The number of fused-ring (bicyclic) bond motifs is 3. The summed E-state index contributed by atoms with van der Waals surface area (Å²) in [6.07, 6.45) is 1.97. The largest absolute Gasteiger partial charge is 0.497 e. The summed E-state index contributed by atoms with van der Waals surface area (Å²) in [5.74, 6) is 0.841. The van der Waals surface area contributed by atoms with E-state index < -0.39 is 0 Å². The van der Waals surface area contributed by atoms with Crippen LogP contribution in [0, 0.1) is 0 Å². The minimum absolute atomic E-state index is 0.452. The molecule has 86 valence electrons. The van der Waals surface area contributed by atoms with Crippen LogP contribution in [-0.2, 0) is 6.54 Å². The van der Waals surface area contributed by atoms with Crippen molar-refractivity contribution in [3.8, 4) is 5.75 Å². The maximum Gasteiger partial charge on any atom is 0.137 e. The number of hydrogen-bond donors (Lipinski definition) is 1. The normalized spacial score (nSPS) is 11.2. The summed E-state index contributed by atoms with van der Waals surface area (Å²) < 4.78 is 7.29. The van der Waals surface area contributed by atoms with Crippen LogP contribution >= 0.6 is 0 Å². The molecule has 0 saturated heterocycles. The van der Waals surface area contributed by atoms with Crippen molar-refractivity contribution in [2.24, 2.45) is 5.73 Å². The van der Waals surface area contributed by atoms with Gasteiger partial charge in [-0.15, -0.1) is 0 Å². The number of ether oxygens (including phenoxy) is 1. The van der Waals surface area contributed by atoms with Crippen LogP contribution in [0.5, 0.6) is 5.75 Å². The van der Waals surface area contributed by atoms with Crippen LogP contribution < -0.4 is 10.5 Å². The maximum atomic E-state index is 5.61. The first kappa shape index (κ1) is 10.1. The predicted octanol–water partition coefficient (Wildman–Crippen LogP) is 1.95. The fourth-order valence-corrected chi connectivity index (χ4v) is 2.02. The van der Waals surface area contributed by atoms with E-state index in [4.69, 9.17) is 10.5 Å². The van der Waals surface area contributed by atoms with Crippen LogP contribution in [0.2, 0.25) is 0 Å². The second kappa shape index (κ2) is 3.75. The lowest BCUT2D eigenvalue weighted by Crippen LogP contribution is -1.95. The van der Waals surface area contributed by atoms with Gasteiger partial charge in [0, 0.05) is 18.8 Å². The molecule has 3 rings (SSSR count). The highest BCUT2D eigenvalue weighted by Gasteiger charge is 2.04. The number of nitrogens with zero attached hydrogens (tertiary/aromatic N) is 2. The van der Waals surface area contributed by atoms with E-state index in [-0.39, 0.29) is 0 Å². The predicted molar refractivity (Wildman–Crippen MR) is 67.1 cm³/mol. The molecule has 0 aliphatic heterocycles. The smallest absolute Gasteiger partial charge is 0.137 e. The van der Waals surface area contributed by atoms with E-state index in [0.29, 0.717) is 6.54 Å². The van der Waals surface area contributed by atoms with Gasteiger partial charge in [0.25, 0.3) is 0 Å². The topological polar surface area (TPSA) is 52.5 Å². The summed E-state index contributed by atoms with van der Waals surface area (Å²) in [5, 5.41) is 1.15. The molecular weight excluding hydrogens is 214 g/mol. The van der Waals surface area contributed by atoms with Crippen LogP contribution in [0.1, 0.15) is 5.69 Å². The van der Waals surface area contributed by atoms with Crippen molar-refractivity contribution in [1.29, 1.82) is 0 Å². The van der Waals surface area contributed by atoms with E-state index >= 15 is 0 Å². The molecule has 0 aliphatic rings. The van der Waals surface area contributed by atoms with Crippen LogP contribution in [0.15, 0.2) is 36.5 Å². The second-order valence-corrected chi connectivity index (χ2v) is 3.92. The van der Waals surface area contributed by atoms with Gasteiger partial charge < -0.3 is 10.5 Å². The molecule has 0 aliphatic carbocycles. The maximum absolute atomic E-state index is 5.61. The lowest BCUT2D eigenvalue weighted by atomic mass is 10.2. The van der Waals surface area contributed by atoms with Gasteiger partial charge in [-0.1, -0.05) is 0 Å². The van der Waals surface area contributed by atoms with Crippen molar-refractivity contribution < 1.29 is 4.74 Å². The average Bonchev–Trinajstić information content (AvgIpc) is 2.81. The standard InChI is InChI=1S/C13H13N3O/c1-17-11-4-2-9-3-5-13-15-10(7-14)8-16(13)12(9)6-11/h2-6,8H,7,14H2,1H3. The SMILES string of the molecule is COc1ccc2ccc3nc(CN)cn3c2c1. The van der Waals surface area contributed by atoms with E-state index in [9.17, 15) is 0 Å². The summed E-state index contributed by atoms with van der Waals surface area (Å²) in [6, 6.07) is 10.0. The monoisotopic (exact) mass is 227 g/mol. The molecule has 17 heavy (non-hydrogen) atoms. The summed E-state index contributed by atoms with van der Waals surface area (Å²) in [4.78, 5) is 4.43. The fourth-order valence-electron chi connectivity index (χ4n) is 2.02. The highest BCUT2D eigenvalue weighted by Crippen LogP contribution is 2.22. The Balaban J connectivity index is 2.39. The molecule has 2 N–H and O–H groups in total. The molecule has 4 heteroatoms. The molecule has 0 atom stereocenters. The Hall–Kier alpha value is -2.07. The number of methoxy groups -OCH3 is 1. The first-order chi connectivity index (χ1) is 8.31. The summed E-state index contributed by atoms with van der Waals surface area (Å²) in [6.45, 7) is 0.452. The first-order valence-corrected chi connectivity index (χ1v) is 5.46. The van der Waals surface area contributed by atoms with Gasteiger partial charge in [0.05, 0.1) is 18.3 Å². The lowest BCUT2D eigenvalue weighted by Gasteiger charge is -2.04. The third-order valence-electron chi connectivity index (χ3n) is 2.90. The Morgan fingerprint density at radius 1 is 1.29 bits per heavy atom. The average molecular weight is 227 g/mol. The van der Waals surface area contributed by atoms with E-state index in [1.165, 1.54) is 0 Å². The Kier molecular flexibility index (Phi) is 2.23. The van der Waals surface area contributed by atoms with Crippen molar-refractivity contribution >= 4 is 16.6 Å². The molecule has 1 aromatic carbocycles. The van der Waals surface area contributed by atoms with Gasteiger partial charge in [-0.3, -0.25) is 4.40 Å². The molecule has 0 bridgehead atoms. The van der Waals surface area contributed by atoms with Gasteiger partial charge in [-0.25, -0.2) is 4.98 Å². The zero-order valence-corrected chi connectivity index (χ0v) is 9.55. The number of imidazole rings is 1. The van der Waals surface area contributed by atoms with Crippen molar-refractivity contribution in [3.63, 3.8) is 0 Å². The summed E-state index contributed by atoms with van der Waals surface area (Å²) >= 11 is 0. The van der Waals surface area contributed by atoms with E-state index in [1.807, 2.05) is 34.9 Å². The van der Waals surface area contributed by atoms with Gasteiger partial charge >= 0.3 is 0 Å². The Morgan fingerprint density at radius 3 is 2.88 bits per heavy atom. The molecule has 0 saturated carbocycles. The zero-order chi connectivity index (χ0) is 11.8. The zero-order valence-electron chi connectivity index (χ0n) is 9.55. The molecule has 0 radical (unpaired) electrons. The Morgan fingerprint density at radius 2 is 2.12 bits per heavy atom. The van der Waals surface area contributed by atoms with Crippen LogP contribution in [-0.4, -0.2) is 16.5 Å².